The number of hydrogen-bond acceptors (Lipinski definition) is 2. The van der Waals surface area contributed by atoms with Crippen LogP contribution in [-0.4, -0.2) is 10.5 Å². The molecule has 2 unspecified atom stereocenters. The largest absolute Gasteiger partial charge is 0.338 e. The molecule has 0 radical (unpaired) electrons. The summed E-state index contributed by atoms with van der Waals surface area (Å²) < 4.78 is 5.62. The molecule has 0 aliphatic carbocycles. The van der Waals surface area contributed by atoms with Crippen LogP contribution in [-0.2, 0) is 16.3 Å². The molecule has 0 aromatic rings. The summed E-state index contributed by atoms with van der Waals surface area (Å²) in [7, 11) is 0. The summed E-state index contributed by atoms with van der Waals surface area (Å²) in [6.07, 6.45) is 2.80. The summed E-state index contributed by atoms with van der Waals surface area (Å²) in [5.74, 6) is 0.342. The van der Waals surface area contributed by atoms with E-state index in [0.29, 0.717) is 5.92 Å². The Morgan fingerprint density at radius 2 is 2.00 bits per heavy atom. The van der Waals surface area contributed by atoms with Gasteiger partial charge in [-0.25, -0.2) is 0 Å². The Hall–Kier alpha value is 0.920. The van der Waals surface area contributed by atoms with Crippen molar-refractivity contribution in [1.29, 1.82) is 0 Å². The fraction of sp³-hybridized carbons (Fsp3) is 1.00. The van der Waals surface area contributed by atoms with Crippen LogP contribution in [0.5, 0.6) is 0 Å². The Labute approximate surface area is 97.8 Å². The summed E-state index contributed by atoms with van der Waals surface area (Å²) >= 11 is 8.79. The van der Waals surface area contributed by atoms with Crippen LogP contribution in [0.1, 0.15) is 47.0 Å². The van der Waals surface area contributed by atoms with Gasteiger partial charge in [0.1, 0.15) is 0 Å². The second-order valence-electron chi connectivity index (χ2n) is 3.90. The third kappa shape index (κ3) is 4.63. The predicted octanol–water partition coefficient (Wildman–Crippen LogP) is 3.75. The number of rotatable bonds is 6. The molecule has 0 aliphatic heterocycles. The SMILES string of the molecule is CCCC(CC)(OP(O)(=S)S)C(C)C. The van der Waals surface area contributed by atoms with Gasteiger partial charge in [-0.3, -0.25) is 0 Å². The molecule has 0 aromatic carbocycles. The van der Waals surface area contributed by atoms with Gasteiger partial charge in [-0.1, -0.05) is 46.4 Å². The van der Waals surface area contributed by atoms with Crippen molar-refractivity contribution in [2.75, 3.05) is 0 Å². The standard InChI is InChI=1S/C9H21O2PS2/c1-5-7-9(6-2,8(3)4)11-12(10,13)14/h8H,5-7H2,1-4H3,(H2,10,13,14). The van der Waals surface area contributed by atoms with E-state index in [9.17, 15) is 4.89 Å². The molecule has 5 heteroatoms. The molecule has 14 heavy (non-hydrogen) atoms. The molecule has 2 nitrogen and oxygen atoms in total. The van der Waals surface area contributed by atoms with Crippen molar-refractivity contribution in [3.8, 4) is 0 Å². The quantitative estimate of drug-likeness (QED) is 0.560. The smallest absolute Gasteiger partial charge is 0.242 e. The summed E-state index contributed by atoms with van der Waals surface area (Å²) in [4.78, 5) is 9.53. The van der Waals surface area contributed by atoms with Gasteiger partial charge in [0.25, 0.3) is 0 Å². The van der Waals surface area contributed by atoms with Crippen molar-refractivity contribution in [2.24, 2.45) is 5.92 Å². The lowest BCUT2D eigenvalue weighted by Crippen LogP contribution is -2.36. The molecule has 0 amide bonds. The summed E-state index contributed by atoms with van der Waals surface area (Å²) in [6, 6.07) is 0. The van der Waals surface area contributed by atoms with Gasteiger partial charge in [0, 0.05) is 0 Å². The van der Waals surface area contributed by atoms with Gasteiger partial charge in [-0.15, -0.1) is 0 Å². The monoisotopic (exact) mass is 256 g/mol. The molecule has 0 saturated carbocycles. The van der Waals surface area contributed by atoms with E-state index in [4.69, 9.17) is 16.3 Å². The maximum atomic E-state index is 9.53. The van der Waals surface area contributed by atoms with Gasteiger partial charge < -0.3 is 9.42 Å². The lowest BCUT2D eigenvalue weighted by Gasteiger charge is -2.38. The van der Waals surface area contributed by atoms with Gasteiger partial charge in [0.05, 0.1) is 5.60 Å². The third-order valence-electron chi connectivity index (χ3n) is 2.62. The molecule has 0 aliphatic rings. The van der Waals surface area contributed by atoms with Crippen LogP contribution in [0.2, 0.25) is 0 Å². The van der Waals surface area contributed by atoms with Crippen LogP contribution in [0.4, 0.5) is 0 Å². The van der Waals surface area contributed by atoms with Crippen molar-refractivity contribution in [3.63, 3.8) is 0 Å². The minimum absolute atomic E-state index is 0.305. The van der Waals surface area contributed by atoms with E-state index < -0.39 is 5.69 Å². The third-order valence-corrected chi connectivity index (χ3v) is 3.69. The van der Waals surface area contributed by atoms with Crippen LogP contribution in [0, 0.1) is 5.92 Å². The fourth-order valence-electron chi connectivity index (χ4n) is 1.75. The molecule has 86 valence electrons. The lowest BCUT2D eigenvalue weighted by molar-refractivity contribution is 0.0140. The van der Waals surface area contributed by atoms with E-state index in [-0.39, 0.29) is 5.60 Å². The van der Waals surface area contributed by atoms with Gasteiger partial charge >= 0.3 is 0 Å². The highest BCUT2D eigenvalue weighted by molar-refractivity contribution is 8.59. The highest BCUT2D eigenvalue weighted by Gasteiger charge is 2.35. The number of hydrogen-bond donors (Lipinski definition) is 2. The first-order valence-corrected chi connectivity index (χ1v) is 8.86. The predicted molar refractivity (Wildman–Crippen MR) is 69.3 cm³/mol. The summed E-state index contributed by atoms with van der Waals surface area (Å²) in [5.41, 5.74) is -3.16. The molecule has 0 rings (SSSR count). The van der Waals surface area contributed by atoms with Gasteiger partial charge in [0.15, 0.2) is 0 Å². The van der Waals surface area contributed by atoms with Crippen molar-refractivity contribution in [3.05, 3.63) is 0 Å². The van der Waals surface area contributed by atoms with Gasteiger partial charge in [0.2, 0.25) is 5.69 Å². The van der Waals surface area contributed by atoms with E-state index in [1.807, 2.05) is 0 Å². The van der Waals surface area contributed by atoms with E-state index in [1.54, 1.807) is 0 Å². The van der Waals surface area contributed by atoms with Gasteiger partial charge in [-0.05, 0) is 30.6 Å². The average Bonchev–Trinajstić information content (AvgIpc) is 2.00. The van der Waals surface area contributed by atoms with Crippen LogP contribution < -0.4 is 0 Å². The molecule has 1 N–H and O–H groups in total. The number of thiol groups is 1. The van der Waals surface area contributed by atoms with Crippen LogP contribution in [0.25, 0.3) is 0 Å². The Morgan fingerprint density at radius 3 is 2.21 bits per heavy atom. The Morgan fingerprint density at radius 1 is 1.50 bits per heavy atom. The maximum Gasteiger partial charge on any atom is 0.242 e. The highest BCUT2D eigenvalue weighted by atomic mass is 32.9. The zero-order valence-electron chi connectivity index (χ0n) is 9.36. The maximum absolute atomic E-state index is 9.53. The second-order valence-corrected chi connectivity index (χ2v) is 8.99. The molecular formula is C9H21O2PS2. The van der Waals surface area contributed by atoms with Crippen molar-refractivity contribution < 1.29 is 9.42 Å². The van der Waals surface area contributed by atoms with E-state index in [2.05, 4.69) is 39.9 Å². The Balaban J connectivity index is 4.76. The van der Waals surface area contributed by atoms with Crippen molar-refractivity contribution in [2.45, 2.75) is 52.6 Å². The minimum atomic E-state index is -2.86. The highest BCUT2D eigenvalue weighted by Crippen LogP contribution is 2.54. The van der Waals surface area contributed by atoms with Crippen molar-refractivity contribution >= 4 is 29.7 Å². The molecule has 2 atom stereocenters. The van der Waals surface area contributed by atoms with Crippen LogP contribution in [0.15, 0.2) is 0 Å². The first kappa shape index (κ1) is 14.9. The minimum Gasteiger partial charge on any atom is -0.338 e. The fourth-order valence-corrected chi connectivity index (χ4v) is 3.59. The van der Waals surface area contributed by atoms with E-state index in [1.165, 1.54) is 0 Å². The van der Waals surface area contributed by atoms with Crippen LogP contribution in [0.3, 0.4) is 0 Å². The van der Waals surface area contributed by atoms with E-state index in [0.717, 1.165) is 19.3 Å². The zero-order valence-corrected chi connectivity index (χ0v) is 12.0. The van der Waals surface area contributed by atoms with E-state index >= 15 is 0 Å². The average molecular weight is 256 g/mol. The molecule has 0 bridgehead atoms. The Kier molecular flexibility index (Phi) is 6.24. The second kappa shape index (κ2) is 5.86. The van der Waals surface area contributed by atoms with Gasteiger partial charge in [-0.2, -0.15) is 0 Å². The summed E-state index contributed by atoms with van der Waals surface area (Å²) in [5, 5.41) is 0. The molecule has 0 spiro atoms. The topological polar surface area (TPSA) is 29.5 Å². The molecule has 0 heterocycles. The lowest BCUT2D eigenvalue weighted by atomic mass is 9.84. The molecule has 0 saturated heterocycles. The normalized spacial score (nSPS) is 20.5. The molecule has 0 aromatic heterocycles. The zero-order chi connectivity index (χ0) is 11.4. The van der Waals surface area contributed by atoms with Crippen LogP contribution >= 0.6 is 17.9 Å². The first-order valence-electron chi connectivity index (χ1n) is 5.03. The Bertz CT molecular complexity index is 215. The molecule has 0 fully saturated rings. The first-order chi connectivity index (χ1) is 6.27. The van der Waals surface area contributed by atoms with Crippen molar-refractivity contribution in [1.82, 2.24) is 0 Å². The molecular weight excluding hydrogens is 235 g/mol. The summed E-state index contributed by atoms with van der Waals surface area (Å²) in [6.45, 7) is 8.36.